The van der Waals surface area contributed by atoms with Crippen LogP contribution >= 0.6 is 11.3 Å². The molecule has 8 heteroatoms. The molecule has 1 fully saturated rings. The van der Waals surface area contributed by atoms with E-state index in [-0.39, 0.29) is 5.91 Å². The molecule has 1 aromatic carbocycles. The maximum absolute atomic E-state index is 12.8. The van der Waals surface area contributed by atoms with Crippen molar-refractivity contribution in [3.8, 4) is 11.8 Å². The third kappa shape index (κ3) is 4.42. The molecule has 3 heterocycles. The maximum atomic E-state index is 12.8. The lowest BCUT2D eigenvalue weighted by Crippen LogP contribution is -2.49. The summed E-state index contributed by atoms with van der Waals surface area (Å²) in [5.41, 5.74) is 2.10. The average molecular weight is 420 g/mol. The van der Waals surface area contributed by atoms with Crippen LogP contribution in [0.25, 0.3) is 0 Å². The van der Waals surface area contributed by atoms with Crippen molar-refractivity contribution in [2.75, 3.05) is 31.1 Å². The normalized spacial score (nSPS) is 13.7. The number of anilines is 1. The van der Waals surface area contributed by atoms with Crippen LogP contribution in [0.4, 0.5) is 5.82 Å². The summed E-state index contributed by atoms with van der Waals surface area (Å²) in [6.07, 6.45) is 1.69. The molecule has 0 N–H and O–H groups in total. The number of nitriles is 1. The number of benzene rings is 1. The third-order valence-corrected chi connectivity index (χ3v) is 5.75. The molecule has 3 aromatic rings. The summed E-state index contributed by atoms with van der Waals surface area (Å²) in [6.45, 7) is 4.84. The second kappa shape index (κ2) is 8.93. The molecular weight excluding hydrogens is 398 g/mol. The molecule has 0 aliphatic carbocycles. The molecule has 0 saturated carbocycles. The van der Waals surface area contributed by atoms with Gasteiger partial charge in [-0.25, -0.2) is 9.97 Å². The molecule has 0 bridgehead atoms. The van der Waals surface area contributed by atoms with Crippen molar-refractivity contribution >= 4 is 23.1 Å². The number of rotatable bonds is 5. The quantitative estimate of drug-likeness (QED) is 0.631. The molecule has 2 aromatic heterocycles. The zero-order chi connectivity index (χ0) is 20.9. The highest BCUT2D eigenvalue weighted by atomic mass is 32.1. The van der Waals surface area contributed by atoms with E-state index in [1.165, 1.54) is 0 Å². The van der Waals surface area contributed by atoms with E-state index in [0.29, 0.717) is 55.5 Å². The van der Waals surface area contributed by atoms with Gasteiger partial charge in [-0.05, 0) is 43.3 Å². The number of nitrogens with zero attached hydrogens (tertiary/aromatic N) is 5. The number of hydrogen-bond donors (Lipinski definition) is 0. The van der Waals surface area contributed by atoms with Crippen molar-refractivity contribution in [3.63, 3.8) is 0 Å². The molecule has 0 unspecified atom stereocenters. The molecule has 4 rings (SSSR count). The van der Waals surface area contributed by atoms with Gasteiger partial charge in [0.15, 0.2) is 0 Å². The molecule has 7 nitrogen and oxygen atoms in total. The Labute approximate surface area is 179 Å². The van der Waals surface area contributed by atoms with Gasteiger partial charge in [0.1, 0.15) is 24.2 Å². The number of carbonyl (C=O) groups is 1. The Kier molecular flexibility index (Phi) is 5.91. The number of thiazole rings is 1. The minimum absolute atomic E-state index is 0.00199. The Bertz CT molecular complexity index is 1070. The van der Waals surface area contributed by atoms with Crippen LogP contribution in [0.2, 0.25) is 0 Å². The molecule has 1 amide bonds. The fraction of sp³-hybridized carbons (Fsp3) is 0.273. The summed E-state index contributed by atoms with van der Waals surface area (Å²) in [7, 11) is 0. The SMILES string of the molecule is Cc1nc(COc2ccc(C(=O)N3CCN(c4ncccc4C#N)CC3)cc2)cs1. The summed E-state index contributed by atoms with van der Waals surface area (Å²) in [4.78, 5) is 25.4. The van der Waals surface area contributed by atoms with E-state index in [0.717, 1.165) is 10.7 Å². The number of ether oxygens (including phenoxy) is 1. The van der Waals surface area contributed by atoms with E-state index in [9.17, 15) is 10.1 Å². The van der Waals surface area contributed by atoms with Crippen LogP contribution in [0.5, 0.6) is 5.75 Å². The Morgan fingerprint density at radius 1 is 1.20 bits per heavy atom. The predicted octanol–water partition coefficient (Wildman–Crippen LogP) is 3.26. The minimum Gasteiger partial charge on any atom is -0.487 e. The molecule has 1 aliphatic rings. The van der Waals surface area contributed by atoms with E-state index in [2.05, 4.69) is 20.9 Å². The van der Waals surface area contributed by atoms with Gasteiger partial charge in [-0.2, -0.15) is 5.26 Å². The monoisotopic (exact) mass is 419 g/mol. The second-order valence-electron chi connectivity index (χ2n) is 6.94. The first-order chi connectivity index (χ1) is 14.6. The first-order valence-corrected chi connectivity index (χ1v) is 10.6. The lowest BCUT2D eigenvalue weighted by molar-refractivity contribution is 0.0746. The van der Waals surface area contributed by atoms with Crippen LogP contribution < -0.4 is 9.64 Å². The maximum Gasteiger partial charge on any atom is 0.253 e. The Balaban J connectivity index is 1.33. The van der Waals surface area contributed by atoms with Crippen LogP contribution in [-0.2, 0) is 6.61 Å². The smallest absolute Gasteiger partial charge is 0.253 e. The van der Waals surface area contributed by atoms with Crippen LogP contribution in [0.15, 0.2) is 48.0 Å². The summed E-state index contributed by atoms with van der Waals surface area (Å²) in [6, 6.07) is 12.9. The van der Waals surface area contributed by atoms with Crippen LogP contribution in [0.1, 0.15) is 26.6 Å². The number of hydrogen-bond acceptors (Lipinski definition) is 7. The fourth-order valence-corrected chi connectivity index (χ4v) is 3.96. The fourth-order valence-electron chi connectivity index (χ4n) is 3.37. The van der Waals surface area contributed by atoms with Crippen LogP contribution in [-0.4, -0.2) is 47.0 Å². The lowest BCUT2D eigenvalue weighted by atomic mass is 10.1. The van der Waals surface area contributed by atoms with Crippen molar-refractivity contribution in [2.45, 2.75) is 13.5 Å². The van der Waals surface area contributed by atoms with Gasteiger partial charge in [-0.1, -0.05) is 0 Å². The number of amides is 1. The number of aromatic nitrogens is 2. The highest BCUT2D eigenvalue weighted by Crippen LogP contribution is 2.20. The van der Waals surface area contributed by atoms with E-state index in [1.807, 2.05) is 29.3 Å². The van der Waals surface area contributed by atoms with E-state index >= 15 is 0 Å². The number of piperazine rings is 1. The molecule has 0 atom stereocenters. The number of pyridine rings is 1. The average Bonchev–Trinajstić information content (AvgIpc) is 3.22. The van der Waals surface area contributed by atoms with E-state index < -0.39 is 0 Å². The summed E-state index contributed by atoms with van der Waals surface area (Å²) in [5.74, 6) is 1.39. The van der Waals surface area contributed by atoms with Crippen LogP contribution in [0, 0.1) is 18.3 Å². The first kappa shape index (κ1) is 19.9. The summed E-state index contributed by atoms with van der Waals surface area (Å²) in [5, 5.41) is 12.3. The van der Waals surface area contributed by atoms with Gasteiger partial charge in [0.05, 0.1) is 16.3 Å². The van der Waals surface area contributed by atoms with Gasteiger partial charge in [-0.3, -0.25) is 4.79 Å². The largest absolute Gasteiger partial charge is 0.487 e. The zero-order valence-electron chi connectivity index (χ0n) is 16.6. The highest BCUT2D eigenvalue weighted by Gasteiger charge is 2.24. The summed E-state index contributed by atoms with van der Waals surface area (Å²) < 4.78 is 5.75. The Hall–Kier alpha value is -3.44. The van der Waals surface area contributed by atoms with Gasteiger partial charge >= 0.3 is 0 Å². The zero-order valence-corrected chi connectivity index (χ0v) is 17.4. The van der Waals surface area contributed by atoms with E-state index in [1.54, 1.807) is 41.8 Å². The van der Waals surface area contributed by atoms with Gasteiger partial charge < -0.3 is 14.5 Å². The van der Waals surface area contributed by atoms with Crippen molar-refractivity contribution in [1.29, 1.82) is 5.26 Å². The molecule has 1 saturated heterocycles. The molecule has 152 valence electrons. The molecular formula is C22H21N5O2S. The molecule has 1 aliphatic heterocycles. The van der Waals surface area contributed by atoms with Gasteiger partial charge in [0.25, 0.3) is 5.91 Å². The number of carbonyl (C=O) groups excluding carboxylic acids is 1. The van der Waals surface area contributed by atoms with Crippen molar-refractivity contribution < 1.29 is 9.53 Å². The van der Waals surface area contributed by atoms with Crippen molar-refractivity contribution in [1.82, 2.24) is 14.9 Å². The lowest BCUT2D eigenvalue weighted by Gasteiger charge is -2.35. The molecule has 0 spiro atoms. The molecule has 30 heavy (non-hydrogen) atoms. The van der Waals surface area contributed by atoms with Gasteiger partial charge in [0.2, 0.25) is 0 Å². The Morgan fingerprint density at radius 2 is 1.97 bits per heavy atom. The highest BCUT2D eigenvalue weighted by molar-refractivity contribution is 7.09. The van der Waals surface area contributed by atoms with Crippen molar-refractivity contribution in [3.05, 3.63) is 69.8 Å². The minimum atomic E-state index is -0.00199. The van der Waals surface area contributed by atoms with Crippen molar-refractivity contribution in [2.24, 2.45) is 0 Å². The Morgan fingerprint density at radius 3 is 2.63 bits per heavy atom. The van der Waals surface area contributed by atoms with Gasteiger partial charge in [0, 0.05) is 43.3 Å². The summed E-state index contributed by atoms with van der Waals surface area (Å²) >= 11 is 1.60. The van der Waals surface area contributed by atoms with E-state index in [4.69, 9.17) is 4.74 Å². The van der Waals surface area contributed by atoms with Crippen LogP contribution in [0.3, 0.4) is 0 Å². The standard InChI is InChI=1S/C22H21N5O2S/c1-16-25-19(15-30-16)14-29-20-6-4-17(5-7-20)22(28)27-11-9-26(10-12-27)21-18(13-23)3-2-8-24-21/h2-8,15H,9-12,14H2,1H3. The topological polar surface area (TPSA) is 82.3 Å². The second-order valence-corrected chi connectivity index (χ2v) is 8.00. The third-order valence-electron chi connectivity index (χ3n) is 4.93. The van der Waals surface area contributed by atoms with Gasteiger partial charge in [-0.15, -0.1) is 11.3 Å². The first-order valence-electron chi connectivity index (χ1n) is 9.67. The number of aryl methyl sites for hydroxylation is 1. The molecule has 0 radical (unpaired) electrons. The predicted molar refractivity (Wildman–Crippen MR) is 115 cm³/mol.